The number of alkyl halides is 5. The number of benzene rings is 1. The third-order valence-electron chi connectivity index (χ3n) is 2.20. The molecular weight excluding hydrogens is 284 g/mol. The molecule has 0 amide bonds. The monoisotopic (exact) mass is 292 g/mol. The van der Waals surface area contributed by atoms with E-state index in [2.05, 4.69) is 0 Å². The van der Waals surface area contributed by atoms with Gasteiger partial charge in [0.25, 0.3) is 0 Å². The van der Waals surface area contributed by atoms with Crippen molar-refractivity contribution in [3.8, 4) is 0 Å². The van der Waals surface area contributed by atoms with Gasteiger partial charge in [-0.3, -0.25) is 0 Å². The third-order valence-corrected chi connectivity index (χ3v) is 4.71. The van der Waals surface area contributed by atoms with E-state index in [0.29, 0.717) is 18.2 Å². The van der Waals surface area contributed by atoms with Crippen LogP contribution in [0.25, 0.3) is 0 Å². The van der Waals surface area contributed by atoms with E-state index in [-0.39, 0.29) is 0 Å². The fourth-order valence-electron chi connectivity index (χ4n) is 1.37. The van der Waals surface area contributed by atoms with Crippen molar-refractivity contribution in [2.75, 3.05) is 6.16 Å². The summed E-state index contributed by atoms with van der Waals surface area (Å²) in [5.41, 5.74) is -5.00. The van der Waals surface area contributed by atoms with Gasteiger partial charge in [-0.15, -0.1) is 0 Å². The Kier molecular flexibility index (Phi) is 4.26. The number of hydrogen-bond donors (Lipinski definition) is 0. The summed E-state index contributed by atoms with van der Waals surface area (Å²) in [6, 6.07) is 1.60. The van der Waals surface area contributed by atoms with Crippen LogP contribution in [0, 0.1) is 11.6 Å². The van der Waals surface area contributed by atoms with Crippen molar-refractivity contribution in [1.29, 1.82) is 0 Å². The van der Waals surface area contributed by atoms with Gasteiger partial charge in [-0.05, 0) is 18.3 Å². The van der Waals surface area contributed by atoms with E-state index >= 15 is 0 Å². The molecule has 0 bridgehead atoms. The first-order chi connectivity index (χ1) is 8.11. The van der Waals surface area contributed by atoms with E-state index < -0.39 is 42.9 Å². The zero-order valence-corrected chi connectivity index (χ0v) is 9.93. The van der Waals surface area contributed by atoms with Gasteiger partial charge >= 0.3 is 11.8 Å². The minimum absolute atomic E-state index is 0.298. The second-order valence-electron chi connectivity index (χ2n) is 3.38. The molecule has 1 aromatic carbocycles. The average Bonchev–Trinajstić information content (AvgIpc) is 2.20. The molecule has 0 saturated heterocycles. The molecule has 0 fully saturated rings. The summed E-state index contributed by atoms with van der Waals surface area (Å²) in [6.07, 6.45) is -6.32. The molecule has 0 aromatic heterocycles. The van der Waals surface area contributed by atoms with Crippen molar-refractivity contribution < 1.29 is 30.7 Å². The van der Waals surface area contributed by atoms with Crippen molar-refractivity contribution >= 4 is 13.2 Å². The standard InChI is InChI=1S/C10H8F7P/c1-2-18(10(16,17)9(13,14)15)8-4-3-6(11)5-7(8)12/h3-5H,2H2,1H3. The largest absolute Gasteiger partial charge is 0.457 e. The van der Waals surface area contributed by atoms with Crippen molar-refractivity contribution in [2.24, 2.45) is 0 Å². The van der Waals surface area contributed by atoms with Gasteiger partial charge in [0.05, 0.1) is 0 Å². The quantitative estimate of drug-likeness (QED) is 0.577. The van der Waals surface area contributed by atoms with Gasteiger partial charge in [0.2, 0.25) is 0 Å². The predicted molar refractivity (Wildman–Crippen MR) is 54.5 cm³/mol. The molecule has 1 aromatic rings. The van der Waals surface area contributed by atoms with Crippen molar-refractivity contribution in [3.05, 3.63) is 29.8 Å². The van der Waals surface area contributed by atoms with E-state index in [9.17, 15) is 30.7 Å². The Hall–Kier alpha value is -0.840. The van der Waals surface area contributed by atoms with Crippen LogP contribution in [0.2, 0.25) is 0 Å². The van der Waals surface area contributed by atoms with Crippen molar-refractivity contribution in [2.45, 2.75) is 18.8 Å². The molecule has 0 aliphatic carbocycles. The molecule has 8 heteroatoms. The lowest BCUT2D eigenvalue weighted by Crippen LogP contribution is -2.38. The predicted octanol–water partition coefficient (Wildman–Crippen LogP) is 4.25. The first-order valence-corrected chi connectivity index (χ1v) is 6.31. The molecule has 0 nitrogen and oxygen atoms in total. The Bertz CT molecular complexity index is 427. The average molecular weight is 292 g/mol. The Morgan fingerprint density at radius 3 is 2.00 bits per heavy atom. The fourth-order valence-corrected chi connectivity index (χ4v) is 3.30. The van der Waals surface area contributed by atoms with Gasteiger partial charge in [-0.25, -0.2) is 8.78 Å². The van der Waals surface area contributed by atoms with E-state index in [1.165, 1.54) is 0 Å². The Morgan fingerprint density at radius 2 is 1.61 bits per heavy atom. The summed E-state index contributed by atoms with van der Waals surface area (Å²) < 4.78 is 89.0. The highest BCUT2D eigenvalue weighted by atomic mass is 31.1. The Labute approximate surface area is 99.5 Å². The van der Waals surface area contributed by atoms with Gasteiger partial charge in [-0.2, -0.15) is 22.0 Å². The molecule has 0 aliphatic heterocycles. The fraction of sp³-hybridized carbons (Fsp3) is 0.400. The van der Waals surface area contributed by atoms with E-state index in [0.717, 1.165) is 6.92 Å². The van der Waals surface area contributed by atoms with Crippen LogP contribution in [0.3, 0.4) is 0 Å². The molecule has 1 rings (SSSR count). The summed E-state index contributed by atoms with van der Waals surface area (Å²) in [7, 11) is -3.12. The van der Waals surface area contributed by atoms with Gasteiger partial charge < -0.3 is 0 Å². The molecule has 18 heavy (non-hydrogen) atoms. The first kappa shape index (κ1) is 15.2. The van der Waals surface area contributed by atoms with Crippen LogP contribution in [0.4, 0.5) is 30.7 Å². The first-order valence-electron chi connectivity index (χ1n) is 4.78. The van der Waals surface area contributed by atoms with E-state index in [1.807, 2.05) is 0 Å². The molecule has 1 atom stereocenters. The van der Waals surface area contributed by atoms with Crippen LogP contribution in [-0.4, -0.2) is 18.0 Å². The Balaban J connectivity index is 3.26. The number of rotatable bonds is 3. The van der Waals surface area contributed by atoms with Crippen molar-refractivity contribution in [1.82, 2.24) is 0 Å². The zero-order valence-electron chi connectivity index (χ0n) is 9.03. The van der Waals surface area contributed by atoms with Crippen LogP contribution in [0.1, 0.15) is 6.92 Å². The summed E-state index contributed by atoms with van der Waals surface area (Å²) in [5, 5.41) is -0.781. The highest BCUT2D eigenvalue weighted by molar-refractivity contribution is 7.66. The second kappa shape index (κ2) is 5.03. The second-order valence-corrected chi connectivity index (χ2v) is 5.91. The summed E-state index contributed by atoms with van der Waals surface area (Å²) >= 11 is 0. The minimum Gasteiger partial charge on any atom is -0.207 e. The molecule has 0 heterocycles. The number of hydrogen-bond acceptors (Lipinski definition) is 0. The van der Waals surface area contributed by atoms with E-state index in [4.69, 9.17) is 0 Å². The van der Waals surface area contributed by atoms with E-state index in [1.54, 1.807) is 0 Å². The highest BCUT2D eigenvalue weighted by Gasteiger charge is 2.62. The lowest BCUT2D eigenvalue weighted by molar-refractivity contribution is -0.240. The molecule has 0 aliphatic rings. The maximum absolute atomic E-state index is 13.3. The molecule has 0 spiro atoms. The lowest BCUT2D eigenvalue weighted by atomic mass is 10.3. The summed E-state index contributed by atoms with van der Waals surface area (Å²) in [5.74, 6) is -2.41. The van der Waals surface area contributed by atoms with Crippen LogP contribution in [-0.2, 0) is 0 Å². The van der Waals surface area contributed by atoms with Gasteiger partial charge in [-0.1, -0.05) is 6.92 Å². The normalized spacial score (nSPS) is 14.7. The highest BCUT2D eigenvalue weighted by Crippen LogP contribution is 2.58. The lowest BCUT2D eigenvalue weighted by Gasteiger charge is -2.28. The van der Waals surface area contributed by atoms with Crippen LogP contribution in [0.5, 0.6) is 0 Å². The zero-order chi connectivity index (χ0) is 14.1. The number of halogens is 7. The summed E-state index contributed by atoms with van der Waals surface area (Å²) in [4.78, 5) is 0. The molecule has 102 valence electrons. The maximum atomic E-state index is 13.3. The molecule has 0 radical (unpaired) electrons. The smallest absolute Gasteiger partial charge is 0.207 e. The van der Waals surface area contributed by atoms with Gasteiger partial charge in [0, 0.05) is 19.3 Å². The minimum atomic E-state index is -5.75. The van der Waals surface area contributed by atoms with Crippen LogP contribution in [0.15, 0.2) is 18.2 Å². The van der Waals surface area contributed by atoms with Crippen LogP contribution < -0.4 is 5.30 Å². The van der Waals surface area contributed by atoms with Gasteiger partial charge in [0.15, 0.2) is 0 Å². The molecule has 0 N–H and O–H groups in total. The SMILES string of the molecule is CCP(c1ccc(F)cc1F)C(F)(F)C(F)(F)F. The Morgan fingerprint density at radius 1 is 1.06 bits per heavy atom. The third kappa shape index (κ3) is 2.76. The summed E-state index contributed by atoms with van der Waals surface area (Å²) in [6.45, 7) is 1.11. The maximum Gasteiger partial charge on any atom is 0.457 e. The van der Waals surface area contributed by atoms with Crippen LogP contribution >= 0.6 is 7.92 Å². The molecule has 1 unspecified atom stereocenters. The van der Waals surface area contributed by atoms with Crippen molar-refractivity contribution in [3.63, 3.8) is 0 Å². The topological polar surface area (TPSA) is 0 Å². The molecule has 0 saturated carbocycles. The molecular formula is C10H8F7P. The van der Waals surface area contributed by atoms with Gasteiger partial charge in [0.1, 0.15) is 11.6 Å².